The largest absolute Gasteiger partial charge is 0.492 e. The summed E-state index contributed by atoms with van der Waals surface area (Å²) >= 11 is 6.29. The smallest absolute Gasteiger partial charge is 0.137 e. The fraction of sp³-hybridized carbons (Fsp3) is 0.647. The van der Waals surface area contributed by atoms with E-state index in [2.05, 4.69) is 11.4 Å². The van der Waals surface area contributed by atoms with E-state index in [1.165, 1.54) is 31.2 Å². The normalized spacial score (nSPS) is 21.7. The molecule has 4 heteroatoms. The van der Waals surface area contributed by atoms with Crippen LogP contribution in [0.25, 0.3) is 0 Å². The highest BCUT2D eigenvalue weighted by molar-refractivity contribution is 6.32. The number of hydrogen-bond donors (Lipinski definition) is 1. The van der Waals surface area contributed by atoms with Crippen molar-refractivity contribution in [2.24, 2.45) is 0 Å². The van der Waals surface area contributed by atoms with Crippen molar-refractivity contribution in [2.75, 3.05) is 13.2 Å². The molecule has 2 aliphatic rings. The predicted molar refractivity (Wildman–Crippen MR) is 85.0 cm³/mol. The molecule has 1 atom stereocenters. The van der Waals surface area contributed by atoms with Gasteiger partial charge in [0.1, 0.15) is 5.75 Å². The lowest BCUT2D eigenvalue weighted by Crippen LogP contribution is -2.15. The molecule has 2 fully saturated rings. The van der Waals surface area contributed by atoms with E-state index in [-0.39, 0.29) is 0 Å². The zero-order valence-electron chi connectivity index (χ0n) is 12.4. The van der Waals surface area contributed by atoms with Gasteiger partial charge in [0.25, 0.3) is 0 Å². The van der Waals surface area contributed by atoms with Crippen LogP contribution in [-0.4, -0.2) is 25.4 Å². The Labute approximate surface area is 132 Å². The third kappa shape index (κ3) is 4.87. The van der Waals surface area contributed by atoms with Crippen LogP contribution in [0.1, 0.15) is 44.1 Å². The fourth-order valence-electron chi connectivity index (χ4n) is 2.69. The van der Waals surface area contributed by atoms with Gasteiger partial charge in [0.15, 0.2) is 0 Å². The highest BCUT2D eigenvalue weighted by Gasteiger charge is 2.20. The second-order valence-electron chi connectivity index (χ2n) is 6.05. The number of hydrogen-bond acceptors (Lipinski definition) is 3. The summed E-state index contributed by atoms with van der Waals surface area (Å²) < 4.78 is 11.4. The van der Waals surface area contributed by atoms with E-state index in [1.54, 1.807) is 0 Å². The van der Waals surface area contributed by atoms with Crippen LogP contribution >= 0.6 is 11.6 Å². The van der Waals surface area contributed by atoms with Crippen molar-refractivity contribution in [1.82, 2.24) is 5.32 Å². The second kappa shape index (κ2) is 7.48. The van der Waals surface area contributed by atoms with Crippen LogP contribution in [0.2, 0.25) is 5.02 Å². The molecule has 3 rings (SSSR count). The zero-order valence-corrected chi connectivity index (χ0v) is 13.2. The minimum absolute atomic E-state index is 0.444. The van der Waals surface area contributed by atoms with Gasteiger partial charge in [-0.3, -0.25) is 0 Å². The first kappa shape index (κ1) is 15.1. The maximum Gasteiger partial charge on any atom is 0.137 e. The van der Waals surface area contributed by atoms with Crippen LogP contribution < -0.4 is 10.1 Å². The number of rotatable bonds is 8. The van der Waals surface area contributed by atoms with E-state index in [1.807, 2.05) is 12.1 Å². The standard InChI is InChI=1S/C17H24ClNO2/c18-16-11-13(12-19-14-6-7-14)5-8-17(16)21-10-2-4-15-3-1-9-20-15/h5,8,11,14-15,19H,1-4,6-7,9-10,12H2. The van der Waals surface area contributed by atoms with E-state index in [0.717, 1.165) is 37.8 Å². The molecular weight excluding hydrogens is 286 g/mol. The monoisotopic (exact) mass is 309 g/mol. The van der Waals surface area contributed by atoms with Crippen LogP contribution in [0.3, 0.4) is 0 Å². The molecule has 0 spiro atoms. The molecule has 1 heterocycles. The third-order valence-corrected chi connectivity index (χ3v) is 4.42. The second-order valence-corrected chi connectivity index (χ2v) is 6.45. The van der Waals surface area contributed by atoms with Crippen LogP contribution in [0.5, 0.6) is 5.75 Å². The molecule has 1 aromatic carbocycles. The van der Waals surface area contributed by atoms with E-state index in [0.29, 0.717) is 17.7 Å². The Morgan fingerprint density at radius 2 is 2.19 bits per heavy atom. The first-order valence-corrected chi connectivity index (χ1v) is 8.45. The maximum atomic E-state index is 6.29. The molecule has 1 aliphatic carbocycles. The van der Waals surface area contributed by atoms with Gasteiger partial charge in [0.2, 0.25) is 0 Å². The van der Waals surface area contributed by atoms with Gasteiger partial charge in [-0.1, -0.05) is 17.7 Å². The molecule has 3 nitrogen and oxygen atoms in total. The molecule has 1 saturated carbocycles. The van der Waals surface area contributed by atoms with Crippen molar-refractivity contribution in [3.63, 3.8) is 0 Å². The van der Waals surface area contributed by atoms with E-state index in [4.69, 9.17) is 21.1 Å². The van der Waals surface area contributed by atoms with Gasteiger partial charge in [-0.2, -0.15) is 0 Å². The van der Waals surface area contributed by atoms with Gasteiger partial charge in [-0.15, -0.1) is 0 Å². The zero-order chi connectivity index (χ0) is 14.5. The number of nitrogens with one attached hydrogen (secondary N) is 1. The van der Waals surface area contributed by atoms with Gasteiger partial charge in [0, 0.05) is 19.2 Å². The summed E-state index contributed by atoms with van der Waals surface area (Å²) in [6, 6.07) is 6.80. The lowest BCUT2D eigenvalue weighted by Gasteiger charge is -2.12. The van der Waals surface area contributed by atoms with Crippen molar-refractivity contribution < 1.29 is 9.47 Å². The molecule has 0 amide bonds. The SMILES string of the molecule is Clc1cc(CNC2CC2)ccc1OCCCC1CCCO1. The maximum absolute atomic E-state index is 6.29. The summed E-state index contributed by atoms with van der Waals surface area (Å²) in [5, 5.41) is 4.20. The quantitative estimate of drug-likeness (QED) is 0.738. The topological polar surface area (TPSA) is 30.5 Å². The number of halogens is 1. The summed E-state index contributed by atoms with van der Waals surface area (Å²) in [5.41, 5.74) is 1.22. The molecule has 1 aliphatic heterocycles. The molecule has 1 unspecified atom stereocenters. The molecule has 0 aromatic heterocycles. The Kier molecular flexibility index (Phi) is 5.39. The lowest BCUT2D eigenvalue weighted by atomic mass is 10.1. The van der Waals surface area contributed by atoms with Gasteiger partial charge in [-0.25, -0.2) is 0 Å². The van der Waals surface area contributed by atoms with Gasteiger partial charge in [-0.05, 0) is 56.2 Å². The Morgan fingerprint density at radius 3 is 2.90 bits per heavy atom. The van der Waals surface area contributed by atoms with Crippen molar-refractivity contribution in [1.29, 1.82) is 0 Å². The highest BCUT2D eigenvalue weighted by atomic mass is 35.5. The Bertz CT molecular complexity index is 456. The summed E-state index contributed by atoms with van der Waals surface area (Å²) in [6.45, 7) is 2.52. The average Bonchev–Trinajstić information content (AvgIpc) is 3.17. The first-order valence-electron chi connectivity index (χ1n) is 8.07. The van der Waals surface area contributed by atoms with Gasteiger partial charge in [0.05, 0.1) is 17.7 Å². The van der Waals surface area contributed by atoms with Gasteiger partial charge >= 0.3 is 0 Å². The molecule has 0 radical (unpaired) electrons. The molecule has 0 bridgehead atoms. The molecular formula is C17H24ClNO2. The van der Waals surface area contributed by atoms with Crippen molar-refractivity contribution >= 4 is 11.6 Å². The fourth-order valence-corrected chi connectivity index (χ4v) is 2.94. The summed E-state index contributed by atoms with van der Waals surface area (Å²) in [5.74, 6) is 0.791. The van der Waals surface area contributed by atoms with Crippen molar-refractivity contribution in [3.8, 4) is 5.75 Å². The van der Waals surface area contributed by atoms with E-state index < -0.39 is 0 Å². The molecule has 21 heavy (non-hydrogen) atoms. The van der Waals surface area contributed by atoms with Crippen molar-refractivity contribution in [3.05, 3.63) is 28.8 Å². The van der Waals surface area contributed by atoms with Crippen LogP contribution in [0.15, 0.2) is 18.2 Å². The Hall–Kier alpha value is -0.770. The Balaban J connectivity index is 1.39. The Morgan fingerprint density at radius 1 is 1.29 bits per heavy atom. The lowest BCUT2D eigenvalue weighted by molar-refractivity contribution is 0.0981. The minimum Gasteiger partial charge on any atom is -0.492 e. The third-order valence-electron chi connectivity index (χ3n) is 4.12. The highest BCUT2D eigenvalue weighted by Crippen LogP contribution is 2.27. The molecule has 1 N–H and O–H groups in total. The van der Waals surface area contributed by atoms with Crippen LogP contribution in [0.4, 0.5) is 0 Å². The minimum atomic E-state index is 0.444. The number of ether oxygens (including phenoxy) is 2. The van der Waals surface area contributed by atoms with E-state index in [9.17, 15) is 0 Å². The molecule has 1 aromatic rings. The molecule has 1 saturated heterocycles. The van der Waals surface area contributed by atoms with Crippen LogP contribution in [-0.2, 0) is 11.3 Å². The first-order chi connectivity index (χ1) is 10.3. The van der Waals surface area contributed by atoms with E-state index >= 15 is 0 Å². The van der Waals surface area contributed by atoms with Crippen LogP contribution in [0, 0.1) is 0 Å². The summed E-state index contributed by atoms with van der Waals surface area (Å²) in [7, 11) is 0. The molecule has 116 valence electrons. The average molecular weight is 310 g/mol. The van der Waals surface area contributed by atoms with Gasteiger partial charge < -0.3 is 14.8 Å². The number of benzene rings is 1. The summed E-state index contributed by atoms with van der Waals surface area (Å²) in [6.07, 6.45) is 7.56. The summed E-state index contributed by atoms with van der Waals surface area (Å²) in [4.78, 5) is 0. The van der Waals surface area contributed by atoms with Crippen molar-refractivity contribution in [2.45, 2.75) is 57.2 Å². The predicted octanol–water partition coefficient (Wildman–Crippen LogP) is 3.93.